The van der Waals surface area contributed by atoms with Gasteiger partial charge in [-0.1, -0.05) is 20.3 Å². The lowest BCUT2D eigenvalue weighted by atomic mass is 9.90. The van der Waals surface area contributed by atoms with E-state index in [-0.39, 0.29) is 6.42 Å². The molecule has 1 amide bonds. The SMILES string of the molecule is CCCC1CC(C(=O)NC(O)(CC)[C@H]2O[C@H](SC)[C@H](OP(=O)(O)O)[C@@H](O)[C@H]2O)N(C)C1. The summed E-state index contributed by atoms with van der Waals surface area (Å²) in [5.74, 6) is -0.0321. The maximum absolute atomic E-state index is 13.0. The van der Waals surface area contributed by atoms with E-state index in [4.69, 9.17) is 14.5 Å². The van der Waals surface area contributed by atoms with E-state index >= 15 is 0 Å². The zero-order chi connectivity index (χ0) is 23.6. The highest BCUT2D eigenvalue weighted by molar-refractivity contribution is 7.99. The second-order valence-corrected chi connectivity index (χ2v) is 10.4. The predicted molar refractivity (Wildman–Crippen MR) is 114 cm³/mol. The Kier molecular flexibility index (Phi) is 9.37. The maximum atomic E-state index is 13.0. The standard InChI is InChI=1S/C18H35N2O9PS/c1-5-7-10-8-11(20(3)9-10)16(23)19-18(24,6-2)15-13(22)12(21)14(17(28-15)31-4)29-30(25,26)27/h10-15,17,21-22,24H,5-9H2,1-4H3,(H,19,23)(H2,25,26,27)/t10?,11?,12-,13+,14+,15-,17+,18?/m0/s1. The van der Waals surface area contributed by atoms with Crippen LogP contribution in [0.1, 0.15) is 39.5 Å². The highest BCUT2D eigenvalue weighted by Gasteiger charge is 2.55. The van der Waals surface area contributed by atoms with Gasteiger partial charge < -0.3 is 35.2 Å². The van der Waals surface area contributed by atoms with E-state index < -0.39 is 55.3 Å². The molecule has 31 heavy (non-hydrogen) atoms. The van der Waals surface area contributed by atoms with Gasteiger partial charge in [-0.2, -0.15) is 0 Å². The molecule has 8 atom stereocenters. The van der Waals surface area contributed by atoms with Crippen molar-refractivity contribution in [1.82, 2.24) is 10.2 Å². The highest BCUT2D eigenvalue weighted by Crippen LogP contribution is 2.44. The number of aliphatic hydroxyl groups is 3. The molecule has 3 unspecified atom stereocenters. The van der Waals surface area contributed by atoms with Crippen molar-refractivity contribution >= 4 is 25.5 Å². The second-order valence-electron chi connectivity index (χ2n) is 8.32. The predicted octanol–water partition coefficient (Wildman–Crippen LogP) is -0.391. The lowest BCUT2D eigenvalue weighted by Crippen LogP contribution is -2.69. The number of carbonyl (C=O) groups excluding carboxylic acids is 1. The van der Waals surface area contributed by atoms with Gasteiger partial charge in [-0.15, -0.1) is 11.8 Å². The molecule has 11 nitrogen and oxygen atoms in total. The Hall–Kier alpha value is -0.270. The van der Waals surface area contributed by atoms with E-state index in [0.717, 1.165) is 31.1 Å². The number of nitrogens with one attached hydrogen (secondary N) is 1. The van der Waals surface area contributed by atoms with Crippen LogP contribution in [-0.4, -0.2) is 97.4 Å². The molecule has 0 aromatic heterocycles. The van der Waals surface area contributed by atoms with E-state index in [9.17, 15) is 24.7 Å². The van der Waals surface area contributed by atoms with Crippen molar-refractivity contribution in [3.8, 4) is 0 Å². The van der Waals surface area contributed by atoms with E-state index in [1.54, 1.807) is 13.2 Å². The number of likely N-dealkylation sites (tertiary alicyclic amines) is 1. The van der Waals surface area contributed by atoms with Gasteiger partial charge in [0.05, 0.1) is 6.04 Å². The zero-order valence-electron chi connectivity index (χ0n) is 18.2. The zero-order valence-corrected chi connectivity index (χ0v) is 20.0. The molecule has 0 saturated carbocycles. The molecule has 13 heteroatoms. The quantitative estimate of drug-likeness (QED) is 0.185. The van der Waals surface area contributed by atoms with E-state index in [1.807, 2.05) is 11.9 Å². The summed E-state index contributed by atoms with van der Waals surface area (Å²) >= 11 is 0.987. The van der Waals surface area contributed by atoms with Crippen molar-refractivity contribution in [1.29, 1.82) is 0 Å². The first-order chi connectivity index (χ1) is 14.4. The van der Waals surface area contributed by atoms with Gasteiger partial charge in [-0.3, -0.25) is 14.2 Å². The summed E-state index contributed by atoms with van der Waals surface area (Å²) in [6.45, 7) is 4.45. The number of aliphatic hydroxyl groups excluding tert-OH is 2. The first kappa shape index (κ1) is 27.0. The van der Waals surface area contributed by atoms with Crippen LogP contribution in [0.2, 0.25) is 0 Å². The number of thioether (sulfide) groups is 1. The summed E-state index contributed by atoms with van der Waals surface area (Å²) in [6.07, 6.45) is -2.31. The lowest BCUT2D eigenvalue weighted by Gasteiger charge is -2.47. The Morgan fingerprint density at radius 1 is 1.32 bits per heavy atom. The number of ether oxygens (including phenoxy) is 1. The van der Waals surface area contributed by atoms with Crippen LogP contribution < -0.4 is 5.32 Å². The molecule has 2 fully saturated rings. The third-order valence-electron chi connectivity index (χ3n) is 6.02. The van der Waals surface area contributed by atoms with Crippen LogP contribution in [0.5, 0.6) is 0 Å². The van der Waals surface area contributed by atoms with Gasteiger partial charge in [-0.05, 0) is 38.5 Å². The minimum atomic E-state index is -4.97. The van der Waals surface area contributed by atoms with Crippen LogP contribution in [0.4, 0.5) is 0 Å². The largest absolute Gasteiger partial charge is 0.470 e. The summed E-state index contributed by atoms with van der Waals surface area (Å²) < 4.78 is 21.5. The van der Waals surface area contributed by atoms with Gasteiger partial charge >= 0.3 is 7.82 Å². The Balaban J connectivity index is 2.18. The number of nitrogens with zero attached hydrogens (tertiary/aromatic N) is 1. The molecule has 2 heterocycles. The van der Waals surface area contributed by atoms with Gasteiger partial charge in [0, 0.05) is 6.54 Å². The van der Waals surface area contributed by atoms with Gasteiger partial charge in [0.2, 0.25) is 5.91 Å². The van der Waals surface area contributed by atoms with Crippen molar-refractivity contribution in [2.75, 3.05) is 19.8 Å². The van der Waals surface area contributed by atoms with Crippen LogP contribution >= 0.6 is 19.6 Å². The summed E-state index contributed by atoms with van der Waals surface area (Å²) in [6, 6.07) is -0.442. The number of amides is 1. The monoisotopic (exact) mass is 486 g/mol. The first-order valence-corrected chi connectivity index (χ1v) is 13.2. The Labute approximate surface area is 186 Å². The average Bonchev–Trinajstić information content (AvgIpc) is 3.05. The lowest BCUT2D eigenvalue weighted by molar-refractivity contribution is -0.250. The molecule has 2 saturated heterocycles. The van der Waals surface area contributed by atoms with Crippen LogP contribution in [0.25, 0.3) is 0 Å². The molecule has 6 N–H and O–H groups in total. The van der Waals surface area contributed by atoms with E-state index in [2.05, 4.69) is 16.8 Å². The van der Waals surface area contributed by atoms with Crippen LogP contribution in [0.15, 0.2) is 0 Å². The third-order valence-corrected chi connectivity index (χ3v) is 7.38. The van der Waals surface area contributed by atoms with Gasteiger partial charge in [0.1, 0.15) is 29.9 Å². The molecule has 0 aromatic rings. The molecule has 2 aliphatic heterocycles. The fourth-order valence-electron chi connectivity index (χ4n) is 4.38. The van der Waals surface area contributed by atoms with Gasteiger partial charge in [0.15, 0.2) is 5.72 Å². The number of likely N-dealkylation sites (N-methyl/N-ethyl adjacent to an activating group) is 1. The number of phosphoric acid groups is 1. The van der Waals surface area contributed by atoms with Gasteiger partial charge in [0.25, 0.3) is 0 Å². The number of hydrogen-bond acceptors (Lipinski definition) is 9. The molecular formula is C18H35N2O9PS. The maximum Gasteiger partial charge on any atom is 0.470 e. The molecule has 0 bridgehead atoms. The van der Waals surface area contributed by atoms with Crippen molar-refractivity contribution < 1.29 is 43.7 Å². The fraction of sp³-hybridized carbons (Fsp3) is 0.944. The van der Waals surface area contributed by atoms with Crippen molar-refractivity contribution in [3.63, 3.8) is 0 Å². The normalized spacial score (nSPS) is 36.9. The van der Waals surface area contributed by atoms with Gasteiger partial charge in [-0.25, -0.2) is 4.57 Å². The number of rotatable bonds is 9. The molecule has 0 aliphatic carbocycles. The van der Waals surface area contributed by atoms with Crippen LogP contribution in [0.3, 0.4) is 0 Å². The molecule has 182 valence electrons. The summed E-state index contributed by atoms with van der Waals surface area (Å²) in [4.78, 5) is 33.1. The molecule has 2 rings (SSSR count). The molecule has 0 radical (unpaired) electrons. The minimum absolute atomic E-state index is 0.0346. The number of phosphoric ester groups is 1. The van der Waals surface area contributed by atoms with Crippen molar-refractivity contribution in [3.05, 3.63) is 0 Å². The molecule has 0 spiro atoms. The fourth-order valence-corrected chi connectivity index (χ4v) is 5.73. The summed E-state index contributed by atoms with van der Waals surface area (Å²) in [5.41, 5.74) is -3.11. The summed E-state index contributed by atoms with van der Waals surface area (Å²) in [5, 5.41) is 34.8. The Morgan fingerprint density at radius 2 is 1.97 bits per heavy atom. The first-order valence-electron chi connectivity index (χ1n) is 10.4. The minimum Gasteiger partial charge on any atom is -0.387 e. The number of hydrogen-bond donors (Lipinski definition) is 6. The number of carbonyl (C=O) groups is 1. The van der Waals surface area contributed by atoms with Crippen LogP contribution in [-0.2, 0) is 18.6 Å². The van der Waals surface area contributed by atoms with Crippen LogP contribution in [0, 0.1) is 5.92 Å². The highest BCUT2D eigenvalue weighted by atomic mass is 32.2. The topological polar surface area (TPSA) is 169 Å². The average molecular weight is 487 g/mol. The molecule has 2 aliphatic rings. The smallest absolute Gasteiger partial charge is 0.387 e. The van der Waals surface area contributed by atoms with E-state index in [1.165, 1.54) is 0 Å². The van der Waals surface area contributed by atoms with E-state index in [0.29, 0.717) is 12.3 Å². The second kappa shape index (κ2) is 10.8. The van der Waals surface area contributed by atoms with Crippen molar-refractivity contribution in [2.24, 2.45) is 5.92 Å². The third kappa shape index (κ3) is 6.41. The van der Waals surface area contributed by atoms with Crippen molar-refractivity contribution in [2.45, 2.75) is 81.1 Å². The molecule has 0 aromatic carbocycles. The Morgan fingerprint density at radius 3 is 2.48 bits per heavy atom. The molecular weight excluding hydrogens is 451 g/mol. The Bertz CT molecular complexity index is 666. The summed E-state index contributed by atoms with van der Waals surface area (Å²) in [7, 11) is -3.13.